The van der Waals surface area contributed by atoms with Crippen molar-refractivity contribution in [1.82, 2.24) is 4.98 Å². The average molecular weight is 475 g/mol. The third-order valence-electron chi connectivity index (χ3n) is 4.87. The van der Waals surface area contributed by atoms with Gasteiger partial charge in [-0.05, 0) is 58.7 Å². The molecule has 2 aromatic heterocycles. The van der Waals surface area contributed by atoms with Crippen LogP contribution < -0.4 is 14.4 Å². The van der Waals surface area contributed by atoms with Gasteiger partial charge in [0.1, 0.15) is 5.75 Å². The summed E-state index contributed by atoms with van der Waals surface area (Å²) >= 11 is 3.63. The maximum Gasteiger partial charge on any atom is 0.316 e. The molecule has 0 aliphatic carbocycles. The summed E-state index contributed by atoms with van der Waals surface area (Å²) in [4.78, 5) is 18.1. The number of hydrogen-bond donors (Lipinski definition) is 0. The van der Waals surface area contributed by atoms with Gasteiger partial charge in [-0.2, -0.15) is 0 Å². The van der Waals surface area contributed by atoms with Crippen LogP contribution in [0.4, 0.5) is 5.82 Å². The summed E-state index contributed by atoms with van der Waals surface area (Å²) in [6.45, 7) is 1.99. The number of pyridine rings is 2. The highest BCUT2D eigenvalue weighted by Crippen LogP contribution is 2.30. The van der Waals surface area contributed by atoms with Gasteiger partial charge in [-0.3, -0.25) is 4.79 Å². The molecular formula is C25H21BrN3O2+. The molecule has 0 bridgehead atoms. The highest BCUT2D eigenvalue weighted by atomic mass is 79.9. The first-order valence-electron chi connectivity index (χ1n) is 9.74. The van der Waals surface area contributed by atoms with E-state index in [4.69, 9.17) is 4.74 Å². The van der Waals surface area contributed by atoms with Crippen molar-refractivity contribution in [2.24, 2.45) is 0 Å². The number of aromatic nitrogens is 2. The number of halogens is 1. The second kappa shape index (κ2) is 9.10. The number of amides is 1. The van der Waals surface area contributed by atoms with Crippen LogP contribution in [0.1, 0.15) is 15.9 Å². The Morgan fingerprint density at radius 3 is 2.26 bits per heavy atom. The Hall–Kier alpha value is -3.51. The minimum Gasteiger partial charge on any atom is -0.497 e. The van der Waals surface area contributed by atoms with Crippen LogP contribution in [0.25, 0.3) is 11.1 Å². The molecule has 31 heavy (non-hydrogen) atoms. The van der Waals surface area contributed by atoms with Crippen molar-refractivity contribution >= 4 is 27.7 Å². The largest absolute Gasteiger partial charge is 0.497 e. The minimum absolute atomic E-state index is 0.179. The number of hydrogen-bond acceptors (Lipinski definition) is 3. The van der Waals surface area contributed by atoms with Gasteiger partial charge < -0.3 is 4.74 Å². The van der Waals surface area contributed by atoms with Crippen molar-refractivity contribution in [3.8, 4) is 16.9 Å². The predicted octanol–water partition coefficient (Wildman–Crippen LogP) is 5.23. The van der Waals surface area contributed by atoms with Gasteiger partial charge in [0.2, 0.25) is 18.2 Å². The van der Waals surface area contributed by atoms with E-state index in [1.807, 2.05) is 92.1 Å². The lowest BCUT2D eigenvalue weighted by molar-refractivity contribution is -0.674. The van der Waals surface area contributed by atoms with Crippen LogP contribution in [0.5, 0.6) is 5.75 Å². The van der Waals surface area contributed by atoms with Gasteiger partial charge in [-0.1, -0.05) is 45.6 Å². The molecule has 2 heterocycles. The number of methoxy groups -OCH3 is 1. The second-order valence-electron chi connectivity index (χ2n) is 7.00. The molecule has 0 atom stereocenters. The molecule has 0 fully saturated rings. The fraction of sp³-hybridized carbons (Fsp3) is 0.0800. The van der Waals surface area contributed by atoms with E-state index in [1.165, 1.54) is 0 Å². The monoisotopic (exact) mass is 474 g/mol. The third-order valence-corrected chi connectivity index (χ3v) is 5.45. The number of ether oxygens (including phenoxy) is 1. The Morgan fingerprint density at radius 2 is 1.65 bits per heavy atom. The van der Waals surface area contributed by atoms with E-state index < -0.39 is 0 Å². The lowest BCUT2D eigenvalue weighted by atomic mass is 10.1. The van der Waals surface area contributed by atoms with Gasteiger partial charge in [0.15, 0.2) is 0 Å². The molecule has 2 aromatic carbocycles. The molecule has 154 valence electrons. The Kier molecular flexibility index (Phi) is 6.09. The summed E-state index contributed by atoms with van der Waals surface area (Å²) < 4.78 is 7.66. The summed E-state index contributed by atoms with van der Waals surface area (Å²) in [6.07, 6.45) is 5.40. The molecule has 0 saturated heterocycles. The van der Waals surface area contributed by atoms with Gasteiger partial charge >= 0.3 is 5.91 Å². The van der Waals surface area contributed by atoms with Crippen LogP contribution in [0, 0.1) is 6.92 Å². The molecule has 4 aromatic rings. The Labute approximate surface area is 189 Å². The van der Waals surface area contributed by atoms with E-state index in [0.29, 0.717) is 15.9 Å². The van der Waals surface area contributed by atoms with Gasteiger partial charge in [0.05, 0.1) is 11.6 Å². The molecule has 0 radical (unpaired) electrons. The first kappa shape index (κ1) is 20.8. The highest BCUT2D eigenvalue weighted by Gasteiger charge is 2.29. The summed E-state index contributed by atoms with van der Waals surface area (Å²) in [5.41, 5.74) is 3.61. The van der Waals surface area contributed by atoms with E-state index in [9.17, 15) is 4.79 Å². The first-order valence-corrected chi connectivity index (χ1v) is 10.5. The molecule has 0 aliphatic rings. The van der Waals surface area contributed by atoms with Gasteiger partial charge in [0.25, 0.3) is 0 Å². The third kappa shape index (κ3) is 4.49. The van der Waals surface area contributed by atoms with Crippen LogP contribution in [0.15, 0.2) is 95.9 Å². The van der Waals surface area contributed by atoms with Crippen molar-refractivity contribution in [3.05, 3.63) is 107 Å². The number of nitrogens with zero attached hydrogens (tertiary/aromatic N) is 3. The maximum atomic E-state index is 13.5. The number of rotatable bonds is 5. The summed E-state index contributed by atoms with van der Waals surface area (Å²) in [5, 5.41) is 1.55. The molecule has 0 unspecified atom stereocenters. The standard InChI is InChI=1S/C25H21BrN3O2/c1-18-6-8-20(9-7-18)25(30)29(28-14-4-3-5-15-28)24-23(26)16-21(17-27-24)19-10-12-22(31-2)13-11-19/h3-17H,1-2H3/q+1. The SMILES string of the molecule is COc1ccc(-c2cnc(N(C(=O)c3ccc(C)cc3)[n+]3ccccc3)c(Br)c2)cc1. The van der Waals surface area contributed by atoms with E-state index in [2.05, 4.69) is 20.9 Å². The number of carbonyl (C=O) groups excluding carboxylic acids is 1. The van der Waals surface area contributed by atoms with E-state index in [0.717, 1.165) is 22.4 Å². The molecule has 0 spiro atoms. The van der Waals surface area contributed by atoms with E-state index >= 15 is 0 Å². The van der Waals surface area contributed by atoms with Crippen molar-refractivity contribution in [3.63, 3.8) is 0 Å². The van der Waals surface area contributed by atoms with Crippen LogP contribution in [0.3, 0.4) is 0 Å². The van der Waals surface area contributed by atoms with Crippen LogP contribution in [0.2, 0.25) is 0 Å². The smallest absolute Gasteiger partial charge is 0.316 e. The molecule has 6 heteroatoms. The molecule has 1 amide bonds. The molecule has 0 N–H and O–H groups in total. The zero-order valence-corrected chi connectivity index (χ0v) is 18.8. The van der Waals surface area contributed by atoms with Crippen LogP contribution in [-0.2, 0) is 0 Å². The van der Waals surface area contributed by atoms with Crippen molar-refractivity contribution < 1.29 is 14.2 Å². The summed E-state index contributed by atoms with van der Waals surface area (Å²) in [7, 11) is 1.64. The highest BCUT2D eigenvalue weighted by molar-refractivity contribution is 9.10. The minimum atomic E-state index is -0.179. The first-order chi connectivity index (χ1) is 15.1. The van der Waals surface area contributed by atoms with Gasteiger partial charge in [-0.15, -0.1) is 0 Å². The Bertz CT molecular complexity index is 1190. The zero-order valence-electron chi connectivity index (χ0n) is 17.2. The van der Waals surface area contributed by atoms with E-state index in [1.54, 1.807) is 23.0 Å². The molecule has 0 aliphatic heterocycles. The lowest BCUT2D eigenvalue weighted by Crippen LogP contribution is -2.57. The molecular weight excluding hydrogens is 454 g/mol. The second-order valence-corrected chi connectivity index (χ2v) is 7.85. The lowest BCUT2D eigenvalue weighted by Gasteiger charge is -2.17. The number of benzene rings is 2. The van der Waals surface area contributed by atoms with Crippen LogP contribution >= 0.6 is 15.9 Å². The molecule has 4 rings (SSSR count). The van der Waals surface area contributed by atoms with E-state index in [-0.39, 0.29) is 5.91 Å². The normalized spacial score (nSPS) is 10.5. The summed E-state index contributed by atoms with van der Waals surface area (Å²) in [6, 6.07) is 22.9. The predicted molar refractivity (Wildman–Crippen MR) is 124 cm³/mol. The Balaban J connectivity index is 1.76. The van der Waals surface area contributed by atoms with Crippen molar-refractivity contribution in [2.75, 3.05) is 12.1 Å². The fourth-order valence-corrected chi connectivity index (χ4v) is 3.70. The molecule has 0 saturated carbocycles. The number of aryl methyl sites for hydroxylation is 1. The molecule has 5 nitrogen and oxygen atoms in total. The summed E-state index contributed by atoms with van der Waals surface area (Å²) in [5.74, 6) is 1.11. The Morgan fingerprint density at radius 1 is 0.968 bits per heavy atom. The topological polar surface area (TPSA) is 46.3 Å². The van der Waals surface area contributed by atoms with Gasteiger partial charge in [-0.25, -0.2) is 4.98 Å². The van der Waals surface area contributed by atoms with Crippen molar-refractivity contribution in [1.29, 1.82) is 0 Å². The number of carbonyl (C=O) groups is 1. The number of anilines is 1. The quantitative estimate of drug-likeness (QED) is 0.372. The average Bonchev–Trinajstić information content (AvgIpc) is 2.81. The van der Waals surface area contributed by atoms with Crippen LogP contribution in [-0.4, -0.2) is 18.0 Å². The van der Waals surface area contributed by atoms with Gasteiger partial charge in [0, 0.05) is 29.5 Å². The fourth-order valence-electron chi connectivity index (χ4n) is 3.18. The maximum absolute atomic E-state index is 13.5. The zero-order chi connectivity index (χ0) is 21.8. The van der Waals surface area contributed by atoms with Crippen molar-refractivity contribution in [2.45, 2.75) is 6.92 Å².